The Kier molecular flexibility index (Phi) is 14.6. The highest BCUT2D eigenvalue weighted by Crippen LogP contribution is 2.41. The Morgan fingerprint density at radius 1 is 0.909 bits per heavy atom. The van der Waals surface area contributed by atoms with Crippen molar-refractivity contribution in [1.82, 2.24) is 40.5 Å². The number of aromatic nitrogens is 6. The monoisotopic (exact) mass is 1060 g/mol. The van der Waals surface area contributed by atoms with E-state index in [-0.39, 0.29) is 66.3 Å². The molecule has 4 N–H and O–H groups in total. The van der Waals surface area contributed by atoms with Gasteiger partial charge in [0.15, 0.2) is 18.2 Å². The molecule has 1 saturated carbocycles. The molecule has 1 aliphatic carbocycles. The van der Waals surface area contributed by atoms with Gasteiger partial charge in [-0.25, -0.2) is 15.0 Å². The molecule has 5 atom stereocenters. The van der Waals surface area contributed by atoms with Crippen molar-refractivity contribution in [3.63, 3.8) is 0 Å². The normalized spacial score (nSPS) is 20.5. The standard InChI is InChI=1S/C58H61N11O7S/c1-34(2)54(58(72)68-23-7-11-48(68)57(71)63-35(3)37-13-15-38(16-14-37)55-36(4)62-33-77-55)51-29-53(66-76-51)73-24-8-9-39-17-20-43(30-61-39)74-44-26-45(27-44)75-52-25-40(21-22-60-52)69-41-18-19-42(69)32-67(31-41)49-28-47(64-65-56(49)59)46-10-5-6-12-50(46)70/h5-6,10,12-17,20-22,25,28-30,33-35,41-42,44-45,48,54,70H,7,11,18-19,23-24,26-27,31-32H2,1-4H3,(H2,59,65)(H,63,71)/t35-,41?,42?,44?,45?,48-,54+/m0/s1. The highest BCUT2D eigenvalue weighted by atomic mass is 32.1. The van der Waals surface area contributed by atoms with Crippen LogP contribution in [0.4, 0.5) is 17.2 Å². The predicted molar refractivity (Wildman–Crippen MR) is 292 cm³/mol. The van der Waals surface area contributed by atoms with E-state index in [1.807, 2.05) is 81.9 Å². The third kappa shape index (κ3) is 11.1. The molecule has 8 heterocycles. The molecule has 5 aromatic heterocycles. The number of amides is 2. The number of phenols is 1. The smallest absolute Gasteiger partial charge is 0.255 e. The number of likely N-dealkylation sites (tertiary alicyclic amines) is 1. The number of hydrogen-bond acceptors (Lipinski definition) is 17. The number of anilines is 3. The molecule has 4 fully saturated rings. The summed E-state index contributed by atoms with van der Waals surface area (Å²) >= 11 is 1.60. The van der Waals surface area contributed by atoms with Crippen molar-refractivity contribution >= 4 is 40.3 Å². The van der Waals surface area contributed by atoms with Gasteiger partial charge in [-0.3, -0.25) is 9.59 Å². The van der Waals surface area contributed by atoms with E-state index in [4.69, 9.17) is 24.5 Å². The molecule has 4 aliphatic rings. The van der Waals surface area contributed by atoms with Gasteiger partial charge in [-0.05, 0) is 104 Å². The minimum atomic E-state index is -0.653. The Labute approximate surface area is 451 Å². The van der Waals surface area contributed by atoms with Crippen LogP contribution in [0, 0.1) is 24.7 Å². The number of nitrogen functional groups attached to an aromatic ring is 1. The van der Waals surface area contributed by atoms with Crippen molar-refractivity contribution in [2.75, 3.05) is 41.8 Å². The quantitative estimate of drug-likeness (QED) is 0.0772. The van der Waals surface area contributed by atoms with Crippen molar-refractivity contribution in [2.45, 2.75) is 109 Å². The minimum Gasteiger partial charge on any atom is -0.507 e. The van der Waals surface area contributed by atoms with E-state index in [1.165, 1.54) is 0 Å². The molecule has 0 spiro atoms. The molecule has 0 radical (unpaired) electrons. The lowest BCUT2D eigenvalue weighted by Crippen LogP contribution is -2.54. The second-order valence-electron chi connectivity index (χ2n) is 20.6. The number of fused-ring (bicyclic) bond motifs is 2. The number of phenolic OH excluding ortho intramolecular Hbond substituents is 1. The van der Waals surface area contributed by atoms with Crippen LogP contribution in [-0.4, -0.2) is 109 Å². The molecule has 2 unspecified atom stereocenters. The van der Waals surface area contributed by atoms with Gasteiger partial charge in [-0.2, -0.15) is 0 Å². The van der Waals surface area contributed by atoms with E-state index in [1.54, 1.807) is 46.7 Å². The first-order chi connectivity index (χ1) is 37.4. The molecule has 2 bridgehead atoms. The summed E-state index contributed by atoms with van der Waals surface area (Å²) < 4.78 is 24.1. The number of hydrogen-bond donors (Lipinski definition) is 3. The molecular weight excluding hydrogens is 995 g/mol. The summed E-state index contributed by atoms with van der Waals surface area (Å²) in [5.41, 5.74) is 15.0. The van der Waals surface area contributed by atoms with Gasteiger partial charge < -0.3 is 49.6 Å². The summed E-state index contributed by atoms with van der Waals surface area (Å²) in [5.74, 6) is 7.21. The summed E-state index contributed by atoms with van der Waals surface area (Å²) in [7, 11) is 0. The average molecular weight is 1060 g/mol. The van der Waals surface area contributed by atoms with Crippen LogP contribution in [0.25, 0.3) is 21.7 Å². The Balaban J connectivity index is 0.622. The summed E-state index contributed by atoms with van der Waals surface area (Å²) in [6.07, 6.45) is 8.29. The van der Waals surface area contributed by atoms with E-state index in [2.05, 4.69) is 75.5 Å². The topological polar surface area (TPSA) is 220 Å². The lowest BCUT2D eigenvalue weighted by Gasteiger charge is -2.43. The van der Waals surface area contributed by atoms with Crippen LogP contribution in [-0.2, 0) is 9.59 Å². The first-order valence-electron chi connectivity index (χ1n) is 26.3. The number of benzene rings is 2. The third-order valence-electron chi connectivity index (χ3n) is 15.1. The molecule has 2 aromatic carbocycles. The Morgan fingerprint density at radius 3 is 2.44 bits per heavy atom. The number of nitrogens with one attached hydrogen (secondary N) is 1. The number of carbonyl (C=O) groups excluding carboxylic acids is 2. The number of nitrogens with two attached hydrogens (primary N) is 1. The van der Waals surface area contributed by atoms with Crippen LogP contribution in [0.2, 0.25) is 0 Å². The molecule has 7 aromatic rings. The van der Waals surface area contributed by atoms with E-state index in [0.29, 0.717) is 53.1 Å². The van der Waals surface area contributed by atoms with Gasteiger partial charge in [-0.1, -0.05) is 56.2 Å². The summed E-state index contributed by atoms with van der Waals surface area (Å²) in [6, 6.07) is 26.3. The van der Waals surface area contributed by atoms with Gasteiger partial charge in [0.25, 0.3) is 5.88 Å². The fourth-order valence-corrected chi connectivity index (χ4v) is 11.9. The number of carbonyl (C=O) groups is 2. The number of pyridine rings is 2. The summed E-state index contributed by atoms with van der Waals surface area (Å²) in [6.45, 7) is 9.91. The van der Waals surface area contributed by atoms with Gasteiger partial charge in [-0.15, -0.1) is 21.5 Å². The second-order valence-corrected chi connectivity index (χ2v) is 21.4. The van der Waals surface area contributed by atoms with Gasteiger partial charge in [0.2, 0.25) is 17.7 Å². The minimum absolute atomic E-state index is 0.0158. The van der Waals surface area contributed by atoms with E-state index < -0.39 is 12.0 Å². The lowest BCUT2D eigenvalue weighted by atomic mass is 9.91. The number of nitrogens with zero attached hydrogens (tertiary/aromatic N) is 9. The Morgan fingerprint density at radius 2 is 1.70 bits per heavy atom. The third-order valence-corrected chi connectivity index (χ3v) is 16.0. The average Bonchev–Trinajstić information content (AvgIpc) is 4.32. The van der Waals surface area contributed by atoms with Crippen molar-refractivity contribution in [2.24, 2.45) is 5.92 Å². The molecule has 77 heavy (non-hydrogen) atoms. The summed E-state index contributed by atoms with van der Waals surface area (Å²) in [4.78, 5) is 48.8. The fraction of sp³-hybridized carbons (Fsp3) is 0.379. The highest BCUT2D eigenvalue weighted by molar-refractivity contribution is 7.13. The molecule has 3 saturated heterocycles. The molecule has 396 valence electrons. The maximum Gasteiger partial charge on any atom is 0.255 e. The van der Waals surface area contributed by atoms with Crippen molar-refractivity contribution in [3.05, 3.63) is 126 Å². The van der Waals surface area contributed by atoms with E-state index in [0.717, 1.165) is 78.3 Å². The summed E-state index contributed by atoms with van der Waals surface area (Å²) in [5, 5.41) is 26.2. The van der Waals surface area contributed by atoms with E-state index in [9.17, 15) is 14.7 Å². The van der Waals surface area contributed by atoms with Crippen LogP contribution in [0.15, 0.2) is 107 Å². The zero-order valence-electron chi connectivity index (χ0n) is 43.4. The number of para-hydroxylation sites is 1. The van der Waals surface area contributed by atoms with Crippen LogP contribution in [0.3, 0.4) is 0 Å². The number of aromatic hydroxyl groups is 1. The SMILES string of the molecule is Cc1ncsc1-c1ccc([C@H](C)NC(=O)[C@@H]2CCCN2C(=O)[C@@H](c2cc(OCC#Cc3ccc(OC4CC(Oc5cc(N6C7CCC6CN(c6cc(-c8ccccc8O)nnc6N)C7)ccn5)C4)cn3)no2)C(C)C)cc1. The lowest BCUT2D eigenvalue weighted by molar-refractivity contribution is -0.141. The highest BCUT2D eigenvalue weighted by Gasteiger charge is 2.43. The molecule has 3 aliphatic heterocycles. The number of rotatable bonds is 16. The zero-order chi connectivity index (χ0) is 53.2. The maximum absolute atomic E-state index is 14.2. The van der Waals surface area contributed by atoms with Crippen LogP contribution in [0.5, 0.6) is 23.3 Å². The zero-order valence-corrected chi connectivity index (χ0v) is 44.2. The first kappa shape index (κ1) is 50.9. The number of piperazine rings is 1. The molecular formula is C58H61N11O7S. The van der Waals surface area contributed by atoms with Crippen LogP contribution >= 0.6 is 11.3 Å². The Hall–Kier alpha value is -8.24. The second kappa shape index (κ2) is 22.2. The van der Waals surface area contributed by atoms with Crippen molar-refractivity contribution in [3.8, 4) is 56.8 Å². The maximum atomic E-state index is 14.2. The first-order valence-corrected chi connectivity index (χ1v) is 27.2. The Bertz CT molecular complexity index is 3280. The largest absolute Gasteiger partial charge is 0.507 e. The van der Waals surface area contributed by atoms with Gasteiger partial charge in [0.05, 0.1) is 39.7 Å². The van der Waals surface area contributed by atoms with Crippen LogP contribution in [0.1, 0.15) is 94.0 Å². The van der Waals surface area contributed by atoms with Crippen molar-refractivity contribution in [1.29, 1.82) is 0 Å². The molecule has 11 rings (SSSR count). The predicted octanol–water partition coefficient (Wildman–Crippen LogP) is 8.53. The van der Waals surface area contributed by atoms with Gasteiger partial charge in [0.1, 0.15) is 41.4 Å². The molecule has 19 heteroatoms. The fourth-order valence-electron chi connectivity index (χ4n) is 11.0. The van der Waals surface area contributed by atoms with Gasteiger partial charge >= 0.3 is 0 Å². The van der Waals surface area contributed by atoms with Crippen molar-refractivity contribution < 1.29 is 33.4 Å². The number of ether oxygens (including phenoxy) is 3. The van der Waals surface area contributed by atoms with Crippen LogP contribution < -0.4 is 35.1 Å². The number of aryl methyl sites for hydroxylation is 1. The van der Waals surface area contributed by atoms with E-state index >= 15 is 0 Å². The number of thiazole rings is 1. The molecule has 18 nitrogen and oxygen atoms in total. The molecule has 2 amide bonds. The van der Waals surface area contributed by atoms with Gasteiger partial charge in [0, 0.05) is 74.1 Å².